The molecule has 27 heavy (non-hydrogen) atoms. The molecule has 0 unspecified atom stereocenters. The number of hydrazone groups is 1. The molecule has 2 aromatic carbocycles. The summed E-state index contributed by atoms with van der Waals surface area (Å²) in [7, 11) is 0. The van der Waals surface area contributed by atoms with Crippen LogP contribution in [0.1, 0.15) is 24.5 Å². The zero-order valence-electron chi connectivity index (χ0n) is 15.5. The van der Waals surface area contributed by atoms with Gasteiger partial charge in [0.25, 0.3) is 0 Å². The Kier molecular flexibility index (Phi) is 5.86. The second-order valence-electron chi connectivity index (χ2n) is 6.48. The second kappa shape index (κ2) is 8.49. The smallest absolute Gasteiger partial charge is 0.245 e. The molecule has 3 rings (SSSR count). The molecule has 0 bridgehead atoms. The van der Waals surface area contributed by atoms with Crippen LogP contribution < -0.4 is 15.1 Å². The lowest BCUT2D eigenvalue weighted by molar-refractivity contribution is -0.126. The van der Waals surface area contributed by atoms with E-state index in [2.05, 4.69) is 10.5 Å². The Bertz CT molecular complexity index is 829. The average Bonchev–Trinajstić information content (AvgIpc) is 3.06. The molecule has 1 fully saturated rings. The number of rotatable bonds is 6. The minimum atomic E-state index is -0.406. The lowest BCUT2D eigenvalue weighted by atomic mass is 10.1. The summed E-state index contributed by atoms with van der Waals surface area (Å²) in [6, 6.07) is 15.1. The Morgan fingerprint density at radius 3 is 2.59 bits per heavy atom. The SMILES string of the molecule is CCOc1ccc(/C=N/NC(=O)[C@H]2CC(=O)N(c3ccc(C)cc3)C2)cc1. The summed E-state index contributed by atoms with van der Waals surface area (Å²) >= 11 is 0. The minimum absolute atomic E-state index is 0.0468. The van der Waals surface area contributed by atoms with Crippen LogP contribution in [0.2, 0.25) is 0 Å². The molecule has 1 heterocycles. The van der Waals surface area contributed by atoms with Crippen LogP contribution in [-0.4, -0.2) is 31.2 Å². The van der Waals surface area contributed by atoms with Crippen molar-refractivity contribution in [3.05, 3.63) is 59.7 Å². The standard InChI is InChI=1S/C21H23N3O3/c1-3-27-19-10-6-16(7-11-19)13-22-23-21(26)17-12-20(25)24(14-17)18-8-4-15(2)5-9-18/h4-11,13,17H,3,12,14H2,1-2H3,(H,23,26)/b22-13+/t17-/m0/s1. The molecule has 6 heteroatoms. The Balaban J connectivity index is 1.55. The quantitative estimate of drug-likeness (QED) is 0.632. The van der Waals surface area contributed by atoms with Gasteiger partial charge in [-0.25, -0.2) is 5.43 Å². The molecule has 1 aliphatic rings. The van der Waals surface area contributed by atoms with E-state index in [-0.39, 0.29) is 18.2 Å². The second-order valence-corrected chi connectivity index (χ2v) is 6.48. The van der Waals surface area contributed by atoms with Crippen molar-refractivity contribution in [3.8, 4) is 5.75 Å². The first-order valence-electron chi connectivity index (χ1n) is 8.99. The van der Waals surface area contributed by atoms with Gasteiger partial charge in [-0.05, 0) is 55.8 Å². The fraction of sp³-hybridized carbons (Fsp3) is 0.286. The Morgan fingerprint density at radius 2 is 1.93 bits per heavy atom. The Labute approximate surface area is 158 Å². The van der Waals surface area contributed by atoms with Crippen molar-refractivity contribution >= 4 is 23.7 Å². The minimum Gasteiger partial charge on any atom is -0.494 e. The topological polar surface area (TPSA) is 71.0 Å². The number of hydrogen-bond acceptors (Lipinski definition) is 4. The highest BCUT2D eigenvalue weighted by molar-refractivity contribution is 6.00. The third-order valence-electron chi connectivity index (χ3n) is 4.42. The van der Waals surface area contributed by atoms with Gasteiger partial charge in [0.15, 0.2) is 0 Å². The highest BCUT2D eigenvalue weighted by Crippen LogP contribution is 2.25. The number of anilines is 1. The van der Waals surface area contributed by atoms with Crippen molar-refractivity contribution in [2.24, 2.45) is 11.0 Å². The van der Waals surface area contributed by atoms with Gasteiger partial charge in [-0.1, -0.05) is 17.7 Å². The van der Waals surface area contributed by atoms with Crippen LogP contribution in [0.15, 0.2) is 53.6 Å². The Hall–Kier alpha value is -3.15. The average molecular weight is 365 g/mol. The summed E-state index contributed by atoms with van der Waals surface area (Å²) in [5, 5.41) is 4.00. The number of hydrogen-bond donors (Lipinski definition) is 1. The summed E-state index contributed by atoms with van der Waals surface area (Å²) in [6.07, 6.45) is 1.76. The van der Waals surface area contributed by atoms with Gasteiger partial charge < -0.3 is 9.64 Å². The maximum Gasteiger partial charge on any atom is 0.245 e. The summed E-state index contributed by atoms with van der Waals surface area (Å²) in [5.41, 5.74) is 5.33. The molecule has 2 aromatic rings. The van der Waals surface area contributed by atoms with Crippen LogP contribution in [0, 0.1) is 12.8 Å². The van der Waals surface area contributed by atoms with Crippen LogP contribution in [0.4, 0.5) is 5.69 Å². The van der Waals surface area contributed by atoms with Crippen molar-refractivity contribution in [1.82, 2.24) is 5.43 Å². The van der Waals surface area contributed by atoms with Crippen LogP contribution in [-0.2, 0) is 9.59 Å². The van der Waals surface area contributed by atoms with Crippen LogP contribution in [0.25, 0.3) is 0 Å². The molecule has 1 aliphatic heterocycles. The first kappa shape index (κ1) is 18.6. The molecular formula is C21H23N3O3. The monoisotopic (exact) mass is 365 g/mol. The van der Waals surface area contributed by atoms with Crippen molar-refractivity contribution in [2.75, 3.05) is 18.1 Å². The van der Waals surface area contributed by atoms with E-state index >= 15 is 0 Å². The van der Waals surface area contributed by atoms with E-state index in [1.807, 2.05) is 62.4 Å². The molecule has 140 valence electrons. The summed E-state index contributed by atoms with van der Waals surface area (Å²) < 4.78 is 5.38. The zero-order chi connectivity index (χ0) is 19.2. The van der Waals surface area contributed by atoms with Gasteiger partial charge in [0.05, 0.1) is 18.7 Å². The highest BCUT2D eigenvalue weighted by atomic mass is 16.5. The predicted octanol–water partition coefficient (Wildman–Crippen LogP) is 2.90. The molecule has 0 spiro atoms. The number of amides is 2. The molecule has 0 aliphatic carbocycles. The van der Waals surface area contributed by atoms with E-state index in [9.17, 15) is 9.59 Å². The van der Waals surface area contributed by atoms with E-state index in [0.717, 1.165) is 22.6 Å². The molecule has 1 saturated heterocycles. The third-order valence-corrected chi connectivity index (χ3v) is 4.42. The molecule has 0 radical (unpaired) electrons. The van der Waals surface area contributed by atoms with E-state index < -0.39 is 5.92 Å². The number of carbonyl (C=O) groups is 2. The summed E-state index contributed by atoms with van der Waals surface area (Å²) in [4.78, 5) is 26.2. The van der Waals surface area contributed by atoms with Crippen LogP contribution in [0.3, 0.4) is 0 Å². The van der Waals surface area contributed by atoms with Crippen molar-refractivity contribution in [3.63, 3.8) is 0 Å². The van der Waals surface area contributed by atoms with Gasteiger partial charge in [0.2, 0.25) is 11.8 Å². The van der Waals surface area contributed by atoms with Gasteiger partial charge >= 0.3 is 0 Å². The fourth-order valence-electron chi connectivity index (χ4n) is 2.94. The first-order valence-corrected chi connectivity index (χ1v) is 8.99. The molecule has 2 amide bonds. The molecule has 1 N–H and O–H groups in total. The number of benzene rings is 2. The zero-order valence-corrected chi connectivity index (χ0v) is 15.5. The van der Waals surface area contributed by atoms with Gasteiger partial charge in [0, 0.05) is 18.7 Å². The van der Waals surface area contributed by atoms with Gasteiger partial charge in [-0.3, -0.25) is 9.59 Å². The maximum atomic E-state index is 12.3. The fourth-order valence-corrected chi connectivity index (χ4v) is 2.94. The van der Waals surface area contributed by atoms with E-state index in [0.29, 0.717) is 13.2 Å². The molecular weight excluding hydrogens is 342 g/mol. The molecule has 6 nitrogen and oxygen atoms in total. The van der Waals surface area contributed by atoms with E-state index in [1.165, 1.54) is 0 Å². The summed E-state index contributed by atoms with van der Waals surface area (Å²) in [6.45, 7) is 4.91. The lowest BCUT2D eigenvalue weighted by Crippen LogP contribution is -2.30. The van der Waals surface area contributed by atoms with Crippen molar-refractivity contribution < 1.29 is 14.3 Å². The van der Waals surface area contributed by atoms with Crippen LogP contribution >= 0.6 is 0 Å². The third kappa shape index (κ3) is 4.73. The summed E-state index contributed by atoms with van der Waals surface area (Å²) in [5.74, 6) is 0.0882. The number of aryl methyl sites for hydroxylation is 1. The largest absolute Gasteiger partial charge is 0.494 e. The maximum absolute atomic E-state index is 12.3. The molecule has 1 atom stereocenters. The van der Waals surface area contributed by atoms with Gasteiger partial charge in [-0.15, -0.1) is 0 Å². The van der Waals surface area contributed by atoms with Crippen LogP contribution in [0.5, 0.6) is 5.75 Å². The lowest BCUT2D eigenvalue weighted by Gasteiger charge is -2.16. The van der Waals surface area contributed by atoms with Gasteiger partial charge in [0.1, 0.15) is 5.75 Å². The molecule has 0 aromatic heterocycles. The molecule has 0 saturated carbocycles. The predicted molar refractivity (Wildman–Crippen MR) is 105 cm³/mol. The number of carbonyl (C=O) groups excluding carboxylic acids is 2. The highest BCUT2D eigenvalue weighted by Gasteiger charge is 2.35. The Morgan fingerprint density at radius 1 is 1.22 bits per heavy atom. The van der Waals surface area contributed by atoms with Crippen molar-refractivity contribution in [1.29, 1.82) is 0 Å². The van der Waals surface area contributed by atoms with E-state index in [1.54, 1.807) is 11.1 Å². The number of ether oxygens (including phenoxy) is 1. The number of nitrogens with zero attached hydrogens (tertiary/aromatic N) is 2. The van der Waals surface area contributed by atoms with E-state index in [4.69, 9.17) is 4.74 Å². The first-order chi connectivity index (χ1) is 13.1. The number of nitrogens with one attached hydrogen (secondary N) is 1. The van der Waals surface area contributed by atoms with Gasteiger partial charge in [-0.2, -0.15) is 5.10 Å². The van der Waals surface area contributed by atoms with Crippen molar-refractivity contribution in [2.45, 2.75) is 20.3 Å². The normalized spacial score (nSPS) is 16.7.